The number of rotatable bonds is 7. The van der Waals surface area contributed by atoms with E-state index < -0.39 is 22.1 Å². The second kappa shape index (κ2) is 9.84. The minimum Gasteiger partial charge on any atom is -0.458 e. The summed E-state index contributed by atoms with van der Waals surface area (Å²) in [5.74, 6) is -1.52. The molecule has 0 radical (unpaired) electrons. The van der Waals surface area contributed by atoms with Gasteiger partial charge in [-0.3, -0.25) is 14.9 Å². The maximum atomic E-state index is 12.8. The number of carbonyl (C=O) groups is 2. The first-order valence-electron chi connectivity index (χ1n) is 8.85. The zero-order chi connectivity index (χ0) is 21.6. The van der Waals surface area contributed by atoms with Gasteiger partial charge in [-0.2, -0.15) is 0 Å². The van der Waals surface area contributed by atoms with Crippen LogP contribution in [0.3, 0.4) is 0 Å². The molecule has 8 heteroatoms. The molecule has 1 aliphatic heterocycles. The summed E-state index contributed by atoms with van der Waals surface area (Å²) >= 11 is 5.81. The smallest absolute Gasteiger partial charge is 0.337 e. The lowest BCUT2D eigenvalue weighted by Gasteiger charge is -2.29. The molecule has 0 amide bonds. The van der Waals surface area contributed by atoms with Crippen LogP contribution >= 0.6 is 11.6 Å². The second-order valence-electron chi connectivity index (χ2n) is 6.31. The zero-order valence-corrected chi connectivity index (χ0v) is 17.0. The van der Waals surface area contributed by atoms with E-state index in [0.29, 0.717) is 17.0 Å². The number of hydrogen-bond acceptors (Lipinski definition) is 6. The zero-order valence-electron chi connectivity index (χ0n) is 16.3. The Kier molecular flexibility index (Phi) is 7.50. The first-order chi connectivity index (χ1) is 13.8. The van der Waals surface area contributed by atoms with E-state index in [9.17, 15) is 19.7 Å². The Balaban J connectivity index is 2.50. The highest BCUT2D eigenvalue weighted by Gasteiger charge is 2.37. The van der Waals surface area contributed by atoms with Crippen molar-refractivity contribution in [1.82, 2.24) is 5.32 Å². The molecule has 1 heterocycles. The van der Waals surface area contributed by atoms with Crippen LogP contribution in [0.5, 0.6) is 0 Å². The van der Waals surface area contributed by atoms with Gasteiger partial charge in [0.25, 0.3) is 10.9 Å². The number of nitro benzene ring substituents is 1. The van der Waals surface area contributed by atoms with Gasteiger partial charge in [-0.05, 0) is 44.0 Å². The van der Waals surface area contributed by atoms with Crippen LogP contribution in [0.1, 0.15) is 32.3 Å². The molecule has 2 rings (SSSR count). The van der Waals surface area contributed by atoms with Crippen LogP contribution in [0.25, 0.3) is 0 Å². The van der Waals surface area contributed by atoms with Crippen LogP contribution < -0.4 is 5.32 Å². The largest absolute Gasteiger partial charge is 0.458 e. The molecular formula is C21H21ClN2O5. The van der Waals surface area contributed by atoms with Crippen LogP contribution in [0, 0.1) is 10.1 Å². The van der Waals surface area contributed by atoms with Gasteiger partial charge in [0.2, 0.25) is 0 Å². The molecule has 0 aliphatic carbocycles. The van der Waals surface area contributed by atoms with E-state index in [-0.39, 0.29) is 23.4 Å². The average Bonchev–Trinajstić information content (AvgIpc) is 2.66. The number of nitrogens with zero attached hydrogens (tertiary/aromatic N) is 1. The number of nitrogens with one attached hydrogen (secondary N) is 1. The third-order valence-electron chi connectivity index (χ3n) is 4.36. The minimum absolute atomic E-state index is 0.0362. The van der Waals surface area contributed by atoms with Crippen molar-refractivity contribution in [3.05, 3.63) is 86.8 Å². The first kappa shape index (κ1) is 22.1. The number of ether oxygens (including phenoxy) is 1. The first-order valence-corrected chi connectivity index (χ1v) is 9.23. The highest BCUT2D eigenvalue weighted by Crippen LogP contribution is 2.40. The predicted molar refractivity (Wildman–Crippen MR) is 110 cm³/mol. The maximum Gasteiger partial charge on any atom is 0.337 e. The van der Waals surface area contributed by atoms with Crippen LogP contribution in [0.2, 0.25) is 0 Å². The van der Waals surface area contributed by atoms with Gasteiger partial charge in [0.1, 0.15) is 6.61 Å². The van der Waals surface area contributed by atoms with Crippen LogP contribution in [-0.2, 0) is 14.3 Å². The van der Waals surface area contributed by atoms with Gasteiger partial charge in [-0.1, -0.05) is 30.4 Å². The molecule has 0 bridgehead atoms. The quantitative estimate of drug-likeness (QED) is 0.234. The molecule has 152 valence electrons. The van der Waals surface area contributed by atoms with Crippen molar-refractivity contribution in [2.75, 3.05) is 6.61 Å². The molecule has 0 fully saturated rings. The van der Waals surface area contributed by atoms with Gasteiger partial charge in [0.15, 0.2) is 0 Å². The maximum absolute atomic E-state index is 12.8. The van der Waals surface area contributed by atoms with E-state index in [4.69, 9.17) is 16.3 Å². The standard InChI is InChI=1S/C21H21ClN2O5/c1-4-5-6-7-11-29-21(26)18-14(3)23-13(2)17(20(22)25)19(18)15-9-8-10-16(12-15)24(27)28/h4-10,12,19,23H,11H2,1-3H3/b5-4+,7-6+. The summed E-state index contributed by atoms with van der Waals surface area (Å²) in [6.07, 6.45) is 7.04. The van der Waals surface area contributed by atoms with Gasteiger partial charge in [0, 0.05) is 35.0 Å². The third-order valence-corrected chi connectivity index (χ3v) is 4.56. The lowest BCUT2D eigenvalue weighted by Crippen LogP contribution is -2.31. The number of halogens is 1. The molecular weight excluding hydrogens is 396 g/mol. The van der Waals surface area contributed by atoms with Crippen molar-refractivity contribution < 1.29 is 19.2 Å². The van der Waals surface area contributed by atoms with Crippen molar-refractivity contribution in [1.29, 1.82) is 0 Å². The summed E-state index contributed by atoms with van der Waals surface area (Å²) < 4.78 is 5.32. The lowest BCUT2D eigenvalue weighted by atomic mass is 9.81. The Morgan fingerprint density at radius 2 is 1.93 bits per heavy atom. The molecule has 0 saturated heterocycles. The molecule has 1 atom stereocenters. The Hall–Kier alpha value is -3.19. The lowest BCUT2D eigenvalue weighted by molar-refractivity contribution is -0.384. The summed E-state index contributed by atoms with van der Waals surface area (Å²) in [5.41, 5.74) is 1.54. The fraction of sp³-hybridized carbons (Fsp3) is 0.238. The molecule has 0 spiro atoms. The summed E-state index contributed by atoms with van der Waals surface area (Å²) in [6.45, 7) is 5.23. The van der Waals surface area contributed by atoms with Crippen molar-refractivity contribution in [2.45, 2.75) is 26.7 Å². The molecule has 1 aromatic rings. The van der Waals surface area contributed by atoms with Crippen LogP contribution in [0.15, 0.2) is 71.1 Å². The molecule has 1 N–H and O–H groups in total. The molecule has 1 aromatic carbocycles. The molecule has 0 aromatic heterocycles. The van der Waals surface area contributed by atoms with Crippen molar-refractivity contribution in [3.63, 3.8) is 0 Å². The topological polar surface area (TPSA) is 98.5 Å². The van der Waals surface area contributed by atoms with Gasteiger partial charge >= 0.3 is 5.97 Å². The number of nitro groups is 1. The van der Waals surface area contributed by atoms with Crippen LogP contribution in [0.4, 0.5) is 5.69 Å². The molecule has 1 aliphatic rings. The number of benzene rings is 1. The summed E-state index contributed by atoms with van der Waals surface area (Å²) in [6, 6.07) is 5.78. The monoisotopic (exact) mass is 416 g/mol. The number of hydrogen-bond donors (Lipinski definition) is 1. The summed E-state index contributed by atoms with van der Waals surface area (Å²) in [7, 11) is 0. The van der Waals surface area contributed by atoms with Gasteiger partial charge < -0.3 is 10.1 Å². The van der Waals surface area contributed by atoms with E-state index in [1.807, 2.05) is 13.0 Å². The fourth-order valence-electron chi connectivity index (χ4n) is 3.12. The number of allylic oxidation sites excluding steroid dienone is 6. The van der Waals surface area contributed by atoms with E-state index >= 15 is 0 Å². The normalized spacial score (nSPS) is 17.0. The summed E-state index contributed by atoms with van der Waals surface area (Å²) in [5, 5.41) is 13.4. The Morgan fingerprint density at radius 3 is 2.55 bits per heavy atom. The SMILES string of the molecule is C/C=C/C=C/COC(=O)C1=C(C)NC(C)=C(C(=O)Cl)C1c1cccc([N+](=O)[O-])c1. The summed E-state index contributed by atoms with van der Waals surface area (Å²) in [4.78, 5) is 35.7. The molecule has 1 unspecified atom stereocenters. The van der Waals surface area contributed by atoms with Crippen molar-refractivity contribution in [2.24, 2.45) is 0 Å². The van der Waals surface area contributed by atoms with Crippen molar-refractivity contribution >= 4 is 28.5 Å². The predicted octanol–water partition coefficient (Wildman–Crippen LogP) is 4.27. The minimum atomic E-state index is -0.881. The number of dihydropyridines is 1. The fourth-order valence-corrected chi connectivity index (χ4v) is 3.37. The molecule has 29 heavy (non-hydrogen) atoms. The number of esters is 1. The Bertz CT molecular complexity index is 960. The second-order valence-corrected chi connectivity index (χ2v) is 6.66. The van der Waals surface area contributed by atoms with Crippen molar-refractivity contribution in [3.8, 4) is 0 Å². The number of carbonyl (C=O) groups excluding carboxylic acids is 2. The molecule has 0 saturated carbocycles. The Labute approximate surface area is 173 Å². The molecule has 7 nitrogen and oxygen atoms in total. The van der Waals surface area contributed by atoms with E-state index in [1.54, 1.807) is 38.1 Å². The van der Waals surface area contributed by atoms with E-state index in [2.05, 4.69) is 5.32 Å². The van der Waals surface area contributed by atoms with E-state index in [1.165, 1.54) is 18.2 Å². The third kappa shape index (κ3) is 5.20. The highest BCUT2D eigenvalue weighted by molar-refractivity contribution is 6.68. The Morgan fingerprint density at radius 1 is 1.24 bits per heavy atom. The van der Waals surface area contributed by atoms with Crippen LogP contribution in [-0.4, -0.2) is 22.7 Å². The highest BCUT2D eigenvalue weighted by atomic mass is 35.5. The van der Waals surface area contributed by atoms with Gasteiger partial charge in [-0.15, -0.1) is 0 Å². The van der Waals surface area contributed by atoms with Gasteiger partial charge in [-0.25, -0.2) is 4.79 Å². The van der Waals surface area contributed by atoms with Gasteiger partial charge in [0.05, 0.1) is 10.5 Å². The average molecular weight is 417 g/mol. The van der Waals surface area contributed by atoms with E-state index in [0.717, 1.165) is 0 Å². The number of non-ortho nitro benzene ring substituents is 1.